The van der Waals surface area contributed by atoms with Crippen LogP contribution in [0.3, 0.4) is 0 Å². The van der Waals surface area contributed by atoms with Gasteiger partial charge >= 0.3 is 0 Å². The van der Waals surface area contributed by atoms with E-state index in [0.29, 0.717) is 0 Å². The van der Waals surface area contributed by atoms with E-state index in [1.165, 1.54) is 0 Å². The summed E-state index contributed by atoms with van der Waals surface area (Å²) in [6, 6.07) is 3.87. The number of hydrogen-bond donors (Lipinski definition) is 0. The van der Waals surface area contributed by atoms with E-state index in [4.69, 9.17) is 4.42 Å². The fourth-order valence-corrected chi connectivity index (χ4v) is 0.630. The smallest absolute Gasteiger partial charge is 0.0905 e. The Balaban J connectivity index is 0.000000640. The molecule has 0 aliphatic carbocycles. The van der Waals surface area contributed by atoms with Crippen molar-refractivity contribution in [2.45, 2.75) is 13.3 Å². The van der Waals surface area contributed by atoms with Crippen molar-refractivity contribution >= 4 is 0 Å². The Kier molecular flexibility index (Phi) is 5.41. The summed E-state index contributed by atoms with van der Waals surface area (Å²) in [5.41, 5.74) is 0. The third-order valence-corrected chi connectivity index (χ3v) is 0.985. The normalized spacial score (nSPS) is 8.56. The first-order chi connectivity index (χ1) is 3.93. The van der Waals surface area contributed by atoms with Crippen LogP contribution in [0, 0.1) is 6.42 Å². The maximum absolute atomic E-state index is 5.04. The van der Waals surface area contributed by atoms with Gasteiger partial charge in [0.2, 0.25) is 0 Å². The second-order valence-corrected chi connectivity index (χ2v) is 1.69. The van der Waals surface area contributed by atoms with Crippen LogP contribution in [0.4, 0.5) is 0 Å². The summed E-state index contributed by atoms with van der Waals surface area (Å²) in [6.45, 7) is 2.02. The van der Waals surface area contributed by atoms with Gasteiger partial charge in [-0.2, -0.15) is 6.92 Å². The molecule has 1 aromatic heterocycles. The zero-order valence-corrected chi connectivity index (χ0v) is 8.34. The second-order valence-electron chi connectivity index (χ2n) is 1.69. The summed E-state index contributed by atoms with van der Waals surface area (Å²) in [6.07, 6.45) is 4.70. The molecule has 0 aliphatic heterocycles. The van der Waals surface area contributed by atoms with E-state index >= 15 is 0 Å². The van der Waals surface area contributed by atoms with Gasteiger partial charge in [-0.3, -0.25) is 0 Å². The van der Waals surface area contributed by atoms with Crippen molar-refractivity contribution in [2.75, 3.05) is 0 Å². The molecule has 1 aromatic rings. The fraction of sp³-hybridized carbons (Fsp3) is 0.286. The minimum atomic E-state index is 0. The van der Waals surface area contributed by atoms with Crippen LogP contribution >= 0.6 is 0 Å². The molecule has 0 aliphatic rings. The van der Waals surface area contributed by atoms with Crippen molar-refractivity contribution in [1.82, 2.24) is 0 Å². The van der Waals surface area contributed by atoms with Crippen LogP contribution in [-0.2, 0) is 39.1 Å². The Morgan fingerprint density at radius 3 is 2.89 bits per heavy atom. The van der Waals surface area contributed by atoms with Crippen LogP contribution < -0.4 is 0 Å². The molecule has 0 bridgehead atoms. The van der Waals surface area contributed by atoms with E-state index in [9.17, 15) is 0 Å². The van der Waals surface area contributed by atoms with Crippen LogP contribution in [0.25, 0.3) is 0 Å². The molecule has 1 nitrogen and oxygen atoms in total. The second kappa shape index (κ2) is 5.19. The fourth-order valence-electron chi connectivity index (χ4n) is 0.630. The van der Waals surface area contributed by atoms with Crippen LogP contribution in [-0.4, -0.2) is 0 Å². The zero-order chi connectivity index (χ0) is 5.82. The van der Waals surface area contributed by atoms with E-state index in [2.05, 4.69) is 6.42 Å². The molecule has 0 fully saturated rings. The third-order valence-electron chi connectivity index (χ3n) is 0.985. The maximum atomic E-state index is 5.04. The van der Waals surface area contributed by atoms with E-state index in [0.717, 1.165) is 12.2 Å². The largest absolute Gasteiger partial charge is 0.472 e. The summed E-state index contributed by atoms with van der Waals surface area (Å²) in [7, 11) is 0. The Morgan fingerprint density at radius 2 is 2.44 bits per heavy atom. The van der Waals surface area contributed by atoms with Crippen molar-refractivity contribution < 1.29 is 37.1 Å². The molecule has 1 heterocycles. The molecular weight excluding hydrogens is 189 g/mol. The Bertz CT molecular complexity index is 135. The van der Waals surface area contributed by atoms with Gasteiger partial charge in [-0.25, -0.2) is 0 Å². The maximum Gasteiger partial charge on any atom is 0.0905 e. The minimum Gasteiger partial charge on any atom is -0.472 e. The molecule has 0 amide bonds. The minimum absolute atomic E-state index is 0. The molecule has 9 heavy (non-hydrogen) atoms. The summed E-state index contributed by atoms with van der Waals surface area (Å²) in [4.78, 5) is 0. The van der Waals surface area contributed by atoms with Crippen LogP contribution in [0.2, 0.25) is 0 Å². The average molecular weight is 198 g/mol. The van der Waals surface area contributed by atoms with Gasteiger partial charge in [0.25, 0.3) is 0 Å². The predicted molar refractivity (Wildman–Crippen MR) is 32.4 cm³/mol. The molecule has 0 N–H and O–H groups in total. The quantitative estimate of drug-likeness (QED) is 0.662. The first-order valence-corrected chi connectivity index (χ1v) is 2.73. The molecule has 0 atom stereocenters. The zero-order valence-electron chi connectivity index (χ0n) is 5.50. The third kappa shape index (κ3) is 3.17. The van der Waals surface area contributed by atoms with Crippen molar-refractivity contribution in [1.29, 1.82) is 0 Å². The standard InChI is InChI=1S/C7H9O.Y/c1-2-4-7-5-3-6-8-7;/h2-3,5-6H,4H2,1H3;/q-1;. The van der Waals surface area contributed by atoms with Crippen LogP contribution in [0.15, 0.2) is 22.8 Å². The number of furan rings is 1. The van der Waals surface area contributed by atoms with Gasteiger partial charge in [0.05, 0.1) is 12.0 Å². The summed E-state index contributed by atoms with van der Waals surface area (Å²) < 4.78 is 5.04. The molecule has 47 valence electrons. The molecule has 0 unspecified atom stereocenters. The predicted octanol–water partition coefficient (Wildman–Crippen LogP) is 2.04. The van der Waals surface area contributed by atoms with Crippen LogP contribution in [0.1, 0.15) is 12.7 Å². The van der Waals surface area contributed by atoms with Gasteiger partial charge in [-0.15, -0.1) is 6.42 Å². The summed E-state index contributed by atoms with van der Waals surface area (Å²) >= 11 is 0. The van der Waals surface area contributed by atoms with Gasteiger partial charge in [-0.1, -0.05) is 0 Å². The summed E-state index contributed by atoms with van der Waals surface area (Å²) in [5.74, 6) is 1.03. The van der Waals surface area contributed by atoms with E-state index in [1.807, 2.05) is 19.1 Å². The van der Waals surface area contributed by atoms with Gasteiger partial charge in [0.1, 0.15) is 0 Å². The van der Waals surface area contributed by atoms with Crippen molar-refractivity contribution in [3.63, 3.8) is 0 Å². The molecule has 2 heteroatoms. The average Bonchev–Trinajstić information content (AvgIpc) is 2.19. The topological polar surface area (TPSA) is 13.1 Å². The molecule has 0 saturated carbocycles. The number of hydrogen-bond acceptors (Lipinski definition) is 1. The molecule has 0 aromatic carbocycles. The Morgan fingerprint density at radius 1 is 1.67 bits per heavy atom. The monoisotopic (exact) mass is 198 g/mol. The Hall–Kier alpha value is 0.384. The van der Waals surface area contributed by atoms with E-state index < -0.39 is 0 Å². The first-order valence-electron chi connectivity index (χ1n) is 2.73. The van der Waals surface area contributed by atoms with Crippen LogP contribution in [0.5, 0.6) is 0 Å². The number of rotatable bonds is 2. The molecule has 1 radical (unpaired) electrons. The molecular formula is C7H9OY-. The first kappa shape index (κ1) is 9.38. The van der Waals surface area contributed by atoms with E-state index in [1.54, 1.807) is 6.26 Å². The molecule has 0 spiro atoms. The van der Waals surface area contributed by atoms with Crippen molar-refractivity contribution in [3.8, 4) is 0 Å². The Labute approximate surface area is 80.7 Å². The molecule has 0 saturated heterocycles. The van der Waals surface area contributed by atoms with Gasteiger partial charge in [0, 0.05) is 32.7 Å². The summed E-state index contributed by atoms with van der Waals surface area (Å²) in [5, 5.41) is 0. The molecule has 1 rings (SSSR count). The SMILES string of the molecule is C[CH-]Cc1ccco1.[Y]. The van der Waals surface area contributed by atoms with Gasteiger partial charge < -0.3 is 10.8 Å². The van der Waals surface area contributed by atoms with Crippen molar-refractivity contribution in [3.05, 3.63) is 30.6 Å². The van der Waals surface area contributed by atoms with Gasteiger partial charge in [-0.05, 0) is 12.1 Å². The van der Waals surface area contributed by atoms with Crippen molar-refractivity contribution in [2.24, 2.45) is 0 Å². The van der Waals surface area contributed by atoms with E-state index in [-0.39, 0.29) is 32.7 Å². The van der Waals surface area contributed by atoms with Gasteiger partial charge in [0.15, 0.2) is 0 Å².